The Bertz CT molecular complexity index is 270. The van der Waals surface area contributed by atoms with Crippen LogP contribution in [-0.2, 0) is 4.79 Å². The minimum atomic E-state index is 0.250. The predicted molar refractivity (Wildman–Crippen MR) is 69.9 cm³/mol. The van der Waals surface area contributed by atoms with E-state index in [1.165, 1.54) is 38.8 Å². The summed E-state index contributed by atoms with van der Waals surface area (Å²) in [6.45, 7) is 10.7. The van der Waals surface area contributed by atoms with Gasteiger partial charge in [-0.15, -0.1) is 0 Å². The van der Waals surface area contributed by atoms with Crippen LogP contribution in [0.3, 0.4) is 0 Å². The Morgan fingerprint density at radius 2 is 1.47 bits per heavy atom. The van der Waals surface area contributed by atoms with E-state index < -0.39 is 0 Å². The quantitative estimate of drug-likeness (QED) is 0.698. The molecular formula is C14H26N2O. The van der Waals surface area contributed by atoms with Gasteiger partial charge in [0.05, 0.1) is 0 Å². The largest absolute Gasteiger partial charge is 0.343 e. The summed E-state index contributed by atoms with van der Waals surface area (Å²) in [6, 6.07) is 0.685. The van der Waals surface area contributed by atoms with E-state index in [1.807, 2.05) is 4.90 Å². The van der Waals surface area contributed by atoms with Gasteiger partial charge < -0.3 is 9.80 Å². The van der Waals surface area contributed by atoms with Gasteiger partial charge in [-0.3, -0.25) is 4.79 Å². The fourth-order valence-corrected chi connectivity index (χ4v) is 3.31. The number of likely N-dealkylation sites (tertiary alicyclic amines) is 2. The van der Waals surface area contributed by atoms with Crippen LogP contribution in [-0.4, -0.2) is 47.9 Å². The van der Waals surface area contributed by atoms with Crippen molar-refractivity contribution in [1.82, 2.24) is 9.80 Å². The first kappa shape index (κ1) is 12.9. The maximum atomic E-state index is 11.3. The zero-order valence-electron chi connectivity index (χ0n) is 11.5. The molecule has 1 amide bonds. The summed E-state index contributed by atoms with van der Waals surface area (Å²) in [6.07, 6.45) is 5.10. The van der Waals surface area contributed by atoms with E-state index in [0.29, 0.717) is 11.5 Å². The molecule has 0 aromatic heterocycles. The molecule has 1 spiro atoms. The van der Waals surface area contributed by atoms with E-state index in [1.54, 1.807) is 6.92 Å². The van der Waals surface area contributed by atoms with Crippen molar-refractivity contribution in [3.8, 4) is 0 Å². The van der Waals surface area contributed by atoms with Crippen molar-refractivity contribution in [2.75, 3.05) is 26.2 Å². The molecule has 0 atom stereocenters. The lowest BCUT2D eigenvalue weighted by Crippen LogP contribution is -2.49. The molecule has 2 aliphatic rings. The van der Waals surface area contributed by atoms with Crippen molar-refractivity contribution in [3.05, 3.63) is 0 Å². The van der Waals surface area contributed by atoms with Gasteiger partial charge in [0.2, 0.25) is 5.91 Å². The summed E-state index contributed by atoms with van der Waals surface area (Å²) in [5, 5.41) is 0. The van der Waals surface area contributed by atoms with Gasteiger partial charge in [-0.1, -0.05) is 0 Å². The monoisotopic (exact) mass is 238 g/mol. The third kappa shape index (κ3) is 2.82. The molecule has 0 unspecified atom stereocenters. The van der Waals surface area contributed by atoms with Crippen molar-refractivity contribution in [1.29, 1.82) is 0 Å². The number of rotatable bonds is 1. The maximum absolute atomic E-state index is 11.3. The Balaban J connectivity index is 1.86. The Morgan fingerprint density at radius 1 is 1.00 bits per heavy atom. The van der Waals surface area contributed by atoms with E-state index in [2.05, 4.69) is 18.7 Å². The SMILES string of the molecule is CC(=O)N1CCC2(CC1)CCN(C(C)C)CC2. The van der Waals surface area contributed by atoms with Crippen LogP contribution in [0.2, 0.25) is 0 Å². The van der Waals surface area contributed by atoms with Crippen molar-refractivity contribution >= 4 is 5.91 Å². The molecule has 0 aromatic carbocycles. The predicted octanol–water partition coefficient (Wildman–Crippen LogP) is 2.12. The van der Waals surface area contributed by atoms with Gasteiger partial charge in [0.25, 0.3) is 0 Å². The molecule has 0 aromatic rings. The smallest absolute Gasteiger partial charge is 0.219 e. The Morgan fingerprint density at radius 3 is 1.88 bits per heavy atom. The number of amides is 1. The third-order valence-corrected chi connectivity index (χ3v) is 4.86. The Labute approximate surface area is 105 Å². The lowest BCUT2D eigenvalue weighted by molar-refractivity contribution is -0.131. The van der Waals surface area contributed by atoms with Crippen molar-refractivity contribution in [2.24, 2.45) is 5.41 Å². The summed E-state index contributed by atoms with van der Waals surface area (Å²) in [4.78, 5) is 15.9. The highest BCUT2D eigenvalue weighted by Crippen LogP contribution is 2.41. The highest BCUT2D eigenvalue weighted by atomic mass is 16.2. The van der Waals surface area contributed by atoms with Crippen LogP contribution in [0.4, 0.5) is 0 Å². The molecule has 0 N–H and O–H groups in total. The van der Waals surface area contributed by atoms with Crippen molar-refractivity contribution in [3.63, 3.8) is 0 Å². The molecule has 17 heavy (non-hydrogen) atoms. The molecule has 2 rings (SSSR count). The standard InChI is InChI=1S/C14H26N2O/c1-12(2)15-8-4-14(5-9-15)6-10-16(11-7-14)13(3)17/h12H,4-11H2,1-3H3. The highest BCUT2D eigenvalue weighted by molar-refractivity contribution is 5.73. The third-order valence-electron chi connectivity index (χ3n) is 4.86. The van der Waals surface area contributed by atoms with Gasteiger partial charge in [-0.2, -0.15) is 0 Å². The van der Waals surface area contributed by atoms with Crippen LogP contribution in [0, 0.1) is 5.41 Å². The Hall–Kier alpha value is -0.570. The zero-order valence-corrected chi connectivity index (χ0v) is 11.5. The van der Waals surface area contributed by atoms with E-state index in [9.17, 15) is 4.79 Å². The minimum absolute atomic E-state index is 0.250. The number of hydrogen-bond acceptors (Lipinski definition) is 2. The molecule has 0 radical (unpaired) electrons. The average molecular weight is 238 g/mol. The summed E-state index contributed by atoms with van der Waals surface area (Å²) in [5.74, 6) is 0.250. The number of nitrogens with zero attached hydrogens (tertiary/aromatic N) is 2. The first-order chi connectivity index (χ1) is 8.02. The summed E-state index contributed by atoms with van der Waals surface area (Å²) in [5.41, 5.74) is 0.553. The highest BCUT2D eigenvalue weighted by Gasteiger charge is 2.38. The van der Waals surface area contributed by atoms with Crippen LogP contribution in [0.5, 0.6) is 0 Å². The van der Waals surface area contributed by atoms with Gasteiger partial charge in [0, 0.05) is 26.1 Å². The molecule has 98 valence electrons. The molecule has 2 heterocycles. The second-order valence-electron chi connectivity index (χ2n) is 6.14. The summed E-state index contributed by atoms with van der Waals surface area (Å²) < 4.78 is 0. The molecular weight excluding hydrogens is 212 g/mol. The van der Waals surface area contributed by atoms with Gasteiger partial charge in [0.15, 0.2) is 0 Å². The van der Waals surface area contributed by atoms with Crippen LogP contribution in [0.25, 0.3) is 0 Å². The van der Waals surface area contributed by atoms with Crippen molar-refractivity contribution in [2.45, 2.75) is 52.5 Å². The molecule has 0 aliphatic carbocycles. The lowest BCUT2D eigenvalue weighted by atomic mass is 9.71. The van der Waals surface area contributed by atoms with Crippen LogP contribution < -0.4 is 0 Å². The summed E-state index contributed by atoms with van der Waals surface area (Å²) >= 11 is 0. The number of carbonyl (C=O) groups excluding carboxylic acids is 1. The molecule has 2 aliphatic heterocycles. The molecule has 0 bridgehead atoms. The van der Waals surface area contributed by atoms with Gasteiger partial charge >= 0.3 is 0 Å². The number of hydrogen-bond donors (Lipinski definition) is 0. The fraction of sp³-hybridized carbons (Fsp3) is 0.929. The maximum Gasteiger partial charge on any atom is 0.219 e. The normalized spacial score (nSPS) is 25.5. The molecule has 3 nitrogen and oxygen atoms in total. The molecule has 3 heteroatoms. The summed E-state index contributed by atoms with van der Waals surface area (Å²) in [7, 11) is 0. The first-order valence-corrected chi connectivity index (χ1v) is 7.02. The van der Waals surface area contributed by atoms with Crippen LogP contribution >= 0.6 is 0 Å². The van der Waals surface area contributed by atoms with Crippen molar-refractivity contribution < 1.29 is 4.79 Å². The van der Waals surface area contributed by atoms with E-state index in [-0.39, 0.29) is 5.91 Å². The van der Waals surface area contributed by atoms with Gasteiger partial charge in [-0.25, -0.2) is 0 Å². The first-order valence-electron chi connectivity index (χ1n) is 7.02. The topological polar surface area (TPSA) is 23.6 Å². The fourth-order valence-electron chi connectivity index (χ4n) is 3.31. The van der Waals surface area contributed by atoms with E-state index in [4.69, 9.17) is 0 Å². The van der Waals surface area contributed by atoms with E-state index in [0.717, 1.165) is 13.1 Å². The molecule has 0 saturated carbocycles. The van der Waals surface area contributed by atoms with E-state index >= 15 is 0 Å². The number of carbonyl (C=O) groups is 1. The van der Waals surface area contributed by atoms with Gasteiger partial charge in [-0.05, 0) is 58.0 Å². The molecule has 2 saturated heterocycles. The second kappa shape index (κ2) is 4.97. The number of piperidine rings is 2. The van der Waals surface area contributed by atoms with Gasteiger partial charge in [0.1, 0.15) is 0 Å². The zero-order chi connectivity index (χ0) is 12.5. The lowest BCUT2D eigenvalue weighted by Gasteiger charge is -2.47. The minimum Gasteiger partial charge on any atom is -0.343 e. The van der Waals surface area contributed by atoms with Crippen LogP contribution in [0.15, 0.2) is 0 Å². The molecule has 2 fully saturated rings. The Kier molecular flexibility index (Phi) is 3.76. The average Bonchev–Trinajstić information content (AvgIpc) is 2.30. The van der Waals surface area contributed by atoms with Crippen LogP contribution in [0.1, 0.15) is 46.5 Å². The second-order valence-corrected chi connectivity index (χ2v) is 6.14.